The van der Waals surface area contributed by atoms with Crippen molar-refractivity contribution in [2.24, 2.45) is 4.99 Å². The second-order valence-corrected chi connectivity index (χ2v) is 1.70. The van der Waals surface area contributed by atoms with E-state index in [2.05, 4.69) is 22.9 Å². The van der Waals surface area contributed by atoms with E-state index in [0.29, 0.717) is 5.88 Å². The molecule has 2 heteroatoms. The summed E-state index contributed by atoms with van der Waals surface area (Å²) in [5.41, 5.74) is 0.883. The number of nitrogens with zero attached hydrogens (tertiary/aromatic N) is 1. The zero-order chi connectivity index (χ0) is 9.28. The van der Waals surface area contributed by atoms with E-state index in [0.717, 1.165) is 5.57 Å². The van der Waals surface area contributed by atoms with Crippen LogP contribution in [0.5, 0.6) is 0 Å². The summed E-state index contributed by atoms with van der Waals surface area (Å²) in [6, 6.07) is 0. The van der Waals surface area contributed by atoms with Gasteiger partial charge in [0.05, 0.1) is 7.11 Å². The summed E-state index contributed by atoms with van der Waals surface area (Å²) < 4.78 is 4.67. The Morgan fingerprint density at radius 2 is 1.82 bits per heavy atom. The molecule has 0 fully saturated rings. The first-order valence-corrected chi connectivity index (χ1v) is 3.59. The number of ether oxygens (including phenoxy) is 1. The molecule has 0 aliphatic carbocycles. The van der Waals surface area contributed by atoms with Gasteiger partial charge in [0.1, 0.15) is 0 Å². The largest absolute Gasteiger partial charge is 0.481 e. The minimum atomic E-state index is 0.401. The lowest BCUT2D eigenvalue weighted by molar-refractivity contribution is 0.291. The van der Waals surface area contributed by atoms with Crippen molar-refractivity contribution < 1.29 is 4.74 Å². The molecule has 0 rings (SSSR count). The van der Waals surface area contributed by atoms with Gasteiger partial charge >= 0.3 is 0 Å². The standard InChI is InChI=1S/C7H11NO.C2H6/c1-6(2)5-8-7(3)9-4;1-2/h5H,1,3H2,2,4H3;1-2H3/b8-5-;. The van der Waals surface area contributed by atoms with Crippen molar-refractivity contribution in [3.05, 3.63) is 24.6 Å². The highest BCUT2D eigenvalue weighted by atomic mass is 16.5. The third-order valence-corrected chi connectivity index (χ3v) is 0.665. The Balaban J connectivity index is 0. The molecule has 0 N–H and O–H groups in total. The quantitative estimate of drug-likeness (QED) is 0.453. The van der Waals surface area contributed by atoms with Gasteiger partial charge in [0, 0.05) is 6.21 Å². The van der Waals surface area contributed by atoms with Gasteiger partial charge < -0.3 is 4.74 Å². The van der Waals surface area contributed by atoms with Crippen molar-refractivity contribution in [2.75, 3.05) is 7.11 Å². The van der Waals surface area contributed by atoms with Gasteiger partial charge in [-0.3, -0.25) is 0 Å². The summed E-state index contributed by atoms with van der Waals surface area (Å²) in [6.45, 7) is 13.0. The number of hydrogen-bond donors (Lipinski definition) is 0. The molecule has 0 radical (unpaired) electrons. The topological polar surface area (TPSA) is 21.6 Å². The number of allylic oxidation sites excluding steroid dienone is 1. The molecule has 64 valence electrons. The van der Waals surface area contributed by atoms with Crippen LogP contribution in [0, 0.1) is 0 Å². The van der Waals surface area contributed by atoms with Gasteiger partial charge in [-0.05, 0) is 19.1 Å². The van der Waals surface area contributed by atoms with E-state index in [9.17, 15) is 0 Å². The summed E-state index contributed by atoms with van der Waals surface area (Å²) in [6.07, 6.45) is 1.60. The third-order valence-electron chi connectivity index (χ3n) is 0.665. The second-order valence-electron chi connectivity index (χ2n) is 1.70. The highest BCUT2D eigenvalue weighted by molar-refractivity contribution is 5.77. The van der Waals surface area contributed by atoms with Crippen molar-refractivity contribution in [3.63, 3.8) is 0 Å². The van der Waals surface area contributed by atoms with Crippen LogP contribution >= 0.6 is 0 Å². The highest BCUT2D eigenvalue weighted by Gasteiger charge is 1.80. The molecule has 0 spiro atoms. The predicted octanol–water partition coefficient (Wildman–Crippen LogP) is 2.78. The van der Waals surface area contributed by atoms with Crippen LogP contribution in [-0.2, 0) is 4.74 Å². The third kappa shape index (κ3) is 12.2. The molecule has 0 aromatic rings. The molecule has 0 saturated heterocycles. The van der Waals surface area contributed by atoms with Crippen LogP contribution in [0.4, 0.5) is 0 Å². The first kappa shape index (κ1) is 12.6. The maximum absolute atomic E-state index is 4.67. The minimum Gasteiger partial charge on any atom is -0.481 e. The SMILES string of the molecule is C=C(C)/C=N\C(=C)OC.CC. The van der Waals surface area contributed by atoms with Crippen molar-refractivity contribution in [1.29, 1.82) is 0 Å². The molecule has 0 unspecified atom stereocenters. The monoisotopic (exact) mass is 155 g/mol. The Labute approximate surface area is 69.3 Å². The fourth-order valence-corrected chi connectivity index (χ4v) is 0.235. The van der Waals surface area contributed by atoms with Crippen molar-refractivity contribution >= 4 is 6.21 Å². The van der Waals surface area contributed by atoms with E-state index in [4.69, 9.17) is 0 Å². The molecule has 0 bridgehead atoms. The van der Waals surface area contributed by atoms with Gasteiger partial charge in [-0.15, -0.1) is 0 Å². The van der Waals surface area contributed by atoms with E-state index in [1.807, 2.05) is 20.8 Å². The summed E-state index contributed by atoms with van der Waals surface area (Å²) in [7, 11) is 1.53. The van der Waals surface area contributed by atoms with Gasteiger partial charge in [-0.1, -0.05) is 20.4 Å². The molecular weight excluding hydrogens is 138 g/mol. The Morgan fingerprint density at radius 1 is 1.36 bits per heavy atom. The summed E-state index contributed by atoms with van der Waals surface area (Å²) in [5.74, 6) is 0.401. The van der Waals surface area contributed by atoms with Crippen LogP contribution in [0.1, 0.15) is 20.8 Å². The van der Waals surface area contributed by atoms with Crippen molar-refractivity contribution in [1.82, 2.24) is 0 Å². The van der Waals surface area contributed by atoms with Gasteiger partial charge in [-0.25, -0.2) is 4.99 Å². The van der Waals surface area contributed by atoms with Crippen LogP contribution in [0.25, 0.3) is 0 Å². The molecule has 0 aliphatic heterocycles. The second kappa shape index (κ2) is 8.95. The van der Waals surface area contributed by atoms with E-state index >= 15 is 0 Å². The maximum Gasteiger partial charge on any atom is 0.205 e. The summed E-state index contributed by atoms with van der Waals surface area (Å²) in [4.78, 5) is 3.80. The molecule has 2 nitrogen and oxygen atoms in total. The number of rotatable bonds is 3. The van der Waals surface area contributed by atoms with Crippen LogP contribution < -0.4 is 0 Å². The van der Waals surface area contributed by atoms with Crippen LogP contribution in [0.3, 0.4) is 0 Å². The lowest BCUT2D eigenvalue weighted by Crippen LogP contribution is -1.80. The predicted molar refractivity (Wildman–Crippen MR) is 50.8 cm³/mol. The number of methoxy groups -OCH3 is 1. The Kier molecular flexibility index (Phi) is 10.3. The molecule has 0 amide bonds. The molecule has 0 aliphatic rings. The van der Waals surface area contributed by atoms with Crippen LogP contribution in [-0.4, -0.2) is 13.3 Å². The highest BCUT2D eigenvalue weighted by Crippen LogP contribution is 1.91. The average molecular weight is 155 g/mol. The van der Waals surface area contributed by atoms with E-state index in [1.54, 1.807) is 6.21 Å². The Hall–Kier alpha value is -1.05. The lowest BCUT2D eigenvalue weighted by Gasteiger charge is -1.93. The fourth-order valence-electron chi connectivity index (χ4n) is 0.235. The zero-order valence-electron chi connectivity index (χ0n) is 7.85. The minimum absolute atomic E-state index is 0.401. The number of aliphatic imine (C=N–C) groups is 1. The smallest absolute Gasteiger partial charge is 0.205 e. The van der Waals surface area contributed by atoms with Gasteiger partial charge in [0.15, 0.2) is 0 Å². The Bertz CT molecular complexity index is 148. The first-order chi connectivity index (χ1) is 5.16. The fraction of sp³-hybridized carbons (Fsp3) is 0.444. The van der Waals surface area contributed by atoms with Gasteiger partial charge in [0.25, 0.3) is 0 Å². The van der Waals surface area contributed by atoms with Crippen molar-refractivity contribution in [2.45, 2.75) is 20.8 Å². The zero-order valence-corrected chi connectivity index (χ0v) is 7.85. The average Bonchev–Trinajstić information content (AvgIpc) is 2.04. The molecule has 0 aromatic carbocycles. The molecular formula is C9H17NO. The summed E-state index contributed by atoms with van der Waals surface area (Å²) >= 11 is 0. The molecule has 0 atom stereocenters. The van der Waals surface area contributed by atoms with Crippen LogP contribution in [0.15, 0.2) is 29.6 Å². The first-order valence-electron chi connectivity index (χ1n) is 3.59. The van der Waals surface area contributed by atoms with E-state index in [1.165, 1.54) is 7.11 Å². The molecule has 0 saturated carbocycles. The maximum atomic E-state index is 4.67. The summed E-state index contributed by atoms with van der Waals surface area (Å²) in [5, 5.41) is 0. The normalized spacial score (nSPS) is 8.36. The van der Waals surface area contributed by atoms with Gasteiger partial charge in [-0.2, -0.15) is 0 Å². The van der Waals surface area contributed by atoms with E-state index in [-0.39, 0.29) is 0 Å². The van der Waals surface area contributed by atoms with Crippen LogP contribution in [0.2, 0.25) is 0 Å². The number of hydrogen-bond acceptors (Lipinski definition) is 2. The Morgan fingerprint density at radius 3 is 2.09 bits per heavy atom. The molecule has 0 aromatic heterocycles. The lowest BCUT2D eigenvalue weighted by atomic mass is 10.4. The molecule has 0 heterocycles. The molecule has 11 heavy (non-hydrogen) atoms. The van der Waals surface area contributed by atoms with E-state index < -0.39 is 0 Å². The van der Waals surface area contributed by atoms with Crippen molar-refractivity contribution in [3.8, 4) is 0 Å². The van der Waals surface area contributed by atoms with Gasteiger partial charge in [0.2, 0.25) is 5.88 Å².